The average molecular weight is 540 g/mol. The first-order valence-electron chi connectivity index (χ1n) is 12.9. The van der Waals surface area contributed by atoms with Gasteiger partial charge >= 0.3 is 0 Å². The molecule has 4 rings (SSSR count). The SMILES string of the molecule is CC/C=C1\C(Br)=C(C)N=C(c2cccc(F)c2OCC2=CCC(C)=C=C2)N1CCC1CCCCC1. The maximum Gasteiger partial charge on any atom is 0.166 e. The highest BCUT2D eigenvalue weighted by molar-refractivity contribution is 9.12. The third kappa shape index (κ3) is 6.26. The van der Waals surface area contributed by atoms with Crippen molar-refractivity contribution in [1.29, 1.82) is 0 Å². The lowest BCUT2D eigenvalue weighted by atomic mass is 9.87. The van der Waals surface area contributed by atoms with E-state index in [0.717, 1.165) is 59.0 Å². The van der Waals surface area contributed by atoms with E-state index < -0.39 is 0 Å². The molecular weight excluding hydrogens is 503 g/mol. The predicted octanol–water partition coefficient (Wildman–Crippen LogP) is 8.59. The smallest absolute Gasteiger partial charge is 0.166 e. The van der Waals surface area contributed by atoms with Gasteiger partial charge in [0.25, 0.3) is 0 Å². The van der Waals surface area contributed by atoms with Gasteiger partial charge < -0.3 is 9.64 Å². The fourth-order valence-corrected chi connectivity index (χ4v) is 5.47. The molecule has 1 saturated carbocycles. The minimum atomic E-state index is -0.364. The molecule has 0 N–H and O–H groups in total. The van der Waals surface area contributed by atoms with E-state index in [1.807, 2.05) is 19.1 Å². The molecule has 2 aliphatic carbocycles. The highest BCUT2D eigenvalue weighted by atomic mass is 79.9. The molecule has 1 aromatic rings. The Hall–Kier alpha value is -2.36. The van der Waals surface area contributed by atoms with Crippen LogP contribution in [0.1, 0.15) is 77.7 Å². The van der Waals surface area contributed by atoms with Crippen LogP contribution in [-0.2, 0) is 0 Å². The molecule has 0 radical (unpaired) electrons. The molecule has 0 unspecified atom stereocenters. The molecule has 1 fully saturated rings. The van der Waals surface area contributed by atoms with E-state index in [1.54, 1.807) is 6.07 Å². The van der Waals surface area contributed by atoms with E-state index in [1.165, 1.54) is 43.7 Å². The number of hydrogen-bond acceptors (Lipinski definition) is 3. The van der Waals surface area contributed by atoms with Crippen LogP contribution in [0.4, 0.5) is 4.39 Å². The molecule has 0 spiro atoms. The van der Waals surface area contributed by atoms with Gasteiger partial charge in [-0.2, -0.15) is 0 Å². The second-order valence-corrected chi connectivity index (χ2v) is 10.5. The number of para-hydroxylation sites is 1. The summed E-state index contributed by atoms with van der Waals surface area (Å²) >= 11 is 3.78. The second-order valence-electron chi connectivity index (χ2n) is 9.73. The minimum absolute atomic E-state index is 0.260. The lowest BCUT2D eigenvalue weighted by Crippen LogP contribution is -2.36. The quantitative estimate of drug-likeness (QED) is 0.309. The predicted molar refractivity (Wildman–Crippen MR) is 146 cm³/mol. The van der Waals surface area contributed by atoms with Crippen molar-refractivity contribution in [2.75, 3.05) is 13.2 Å². The van der Waals surface area contributed by atoms with E-state index in [0.29, 0.717) is 12.2 Å². The van der Waals surface area contributed by atoms with Gasteiger partial charge in [0.05, 0.1) is 21.4 Å². The van der Waals surface area contributed by atoms with Gasteiger partial charge in [0.15, 0.2) is 11.6 Å². The number of rotatable bonds is 8. The van der Waals surface area contributed by atoms with Crippen LogP contribution in [-0.4, -0.2) is 23.9 Å². The monoisotopic (exact) mass is 538 g/mol. The molecule has 0 saturated heterocycles. The van der Waals surface area contributed by atoms with Crippen LogP contribution < -0.4 is 4.74 Å². The van der Waals surface area contributed by atoms with E-state index in [9.17, 15) is 0 Å². The largest absolute Gasteiger partial charge is 0.485 e. The molecule has 3 nitrogen and oxygen atoms in total. The highest BCUT2D eigenvalue weighted by Gasteiger charge is 2.29. The summed E-state index contributed by atoms with van der Waals surface area (Å²) in [6.45, 7) is 7.35. The first-order valence-corrected chi connectivity index (χ1v) is 13.7. The third-order valence-electron chi connectivity index (χ3n) is 7.01. The molecule has 1 aromatic carbocycles. The Morgan fingerprint density at radius 1 is 1.23 bits per heavy atom. The average Bonchev–Trinajstić information content (AvgIpc) is 2.87. The lowest BCUT2D eigenvalue weighted by Gasteiger charge is -2.35. The van der Waals surface area contributed by atoms with Crippen LogP contribution in [0.3, 0.4) is 0 Å². The summed E-state index contributed by atoms with van der Waals surface area (Å²) in [5.74, 6) is 1.40. The molecule has 35 heavy (non-hydrogen) atoms. The van der Waals surface area contributed by atoms with Gasteiger partial charge in [0.1, 0.15) is 12.4 Å². The van der Waals surface area contributed by atoms with Crippen LogP contribution in [0.2, 0.25) is 0 Å². The maximum absolute atomic E-state index is 15.2. The number of aliphatic imine (C=N–C) groups is 1. The summed E-state index contributed by atoms with van der Waals surface area (Å²) < 4.78 is 22.3. The number of hydrogen-bond donors (Lipinski definition) is 0. The molecule has 186 valence electrons. The Morgan fingerprint density at radius 3 is 2.74 bits per heavy atom. The van der Waals surface area contributed by atoms with Crippen molar-refractivity contribution in [2.24, 2.45) is 10.9 Å². The summed E-state index contributed by atoms with van der Waals surface area (Å²) in [5, 5.41) is 0. The standard InChI is InChI=1S/C30H36BrFN2O/c1-4-9-27-28(31)22(3)33-30(34(27)19-18-23-10-6-5-7-11-23)25-12-8-13-26(32)29(25)35-20-24-16-14-21(2)15-17-24/h8-9,12-13,16-17,23H,4-7,10-11,14,18-20H2,1-3H3/b27-9+. The Balaban J connectivity index is 1.66. The van der Waals surface area contributed by atoms with Gasteiger partial charge in [-0.05, 0) is 84.3 Å². The first-order chi connectivity index (χ1) is 17.0. The fraction of sp³-hybridized carbons (Fsp3) is 0.467. The number of amidine groups is 1. The summed E-state index contributed by atoms with van der Waals surface area (Å²) in [5.41, 5.74) is 8.14. The highest BCUT2D eigenvalue weighted by Crippen LogP contribution is 2.36. The van der Waals surface area contributed by atoms with Crippen molar-refractivity contribution in [3.05, 3.63) is 80.6 Å². The molecular formula is C30H36BrFN2O. The van der Waals surface area contributed by atoms with E-state index in [-0.39, 0.29) is 11.6 Å². The van der Waals surface area contributed by atoms with Crippen molar-refractivity contribution < 1.29 is 9.13 Å². The first kappa shape index (κ1) is 25.7. The minimum Gasteiger partial charge on any atom is -0.485 e. The van der Waals surface area contributed by atoms with Crippen molar-refractivity contribution in [1.82, 2.24) is 4.90 Å². The maximum atomic E-state index is 15.2. The van der Waals surface area contributed by atoms with Gasteiger partial charge in [0.2, 0.25) is 0 Å². The van der Waals surface area contributed by atoms with Gasteiger partial charge in [-0.15, -0.1) is 5.73 Å². The van der Waals surface area contributed by atoms with Crippen molar-refractivity contribution >= 4 is 21.8 Å². The van der Waals surface area contributed by atoms with E-state index in [4.69, 9.17) is 9.73 Å². The zero-order valence-corrected chi connectivity index (χ0v) is 22.8. The fourth-order valence-electron chi connectivity index (χ4n) is 5.00. The van der Waals surface area contributed by atoms with Crippen molar-refractivity contribution in [3.63, 3.8) is 0 Å². The molecule has 1 aliphatic heterocycles. The lowest BCUT2D eigenvalue weighted by molar-refractivity contribution is 0.313. The van der Waals surface area contributed by atoms with Crippen LogP contribution in [0.5, 0.6) is 5.75 Å². The molecule has 0 amide bonds. The van der Waals surface area contributed by atoms with Gasteiger partial charge in [-0.3, -0.25) is 0 Å². The zero-order valence-electron chi connectivity index (χ0n) is 21.2. The summed E-state index contributed by atoms with van der Waals surface area (Å²) in [6, 6.07) is 5.14. The Kier molecular flexibility index (Phi) is 8.86. The normalized spacial score (nSPS) is 20.2. The second kappa shape index (κ2) is 12.1. The van der Waals surface area contributed by atoms with Crippen LogP contribution in [0.25, 0.3) is 0 Å². The van der Waals surface area contributed by atoms with Gasteiger partial charge in [-0.1, -0.05) is 57.2 Å². The number of ether oxygens (including phenoxy) is 1. The van der Waals surface area contributed by atoms with Gasteiger partial charge in [0, 0.05) is 6.54 Å². The molecule has 3 aliphatic rings. The third-order valence-corrected chi connectivity index (χ3v) is 7.99. The number of halogens is 2. The summed E-state index contributed by atoms with van der Waals surface area (Å²) in [6.07, 6.45) is 15.7. The van der Waals surface area contributed by atoms with Crippen LogP contribution >= 0.6 is 15.9 Å². The van der Waals surface area contributed by atoms with E-state index >= 15 is 4.39 Å². The molecule has 0 atom stereocenters. The topological polar surface area (TPSA) is 24.8 Å². The van der Waals surface area contributed by atoms with Crippen LogP contribution in [0, 0.1) is 11.7 Å². The Bertz CT molecular complexity index is 1130. The summed E-state index contributed by atoms with van der Waals surface area (Å²) in [7, 11) is 0. The molecule has 0 aromatic heterocycles. The number of nitrogens with zero attached hydrogens (tertiary/aromatic N) is 2. The van der Waals surface area contributed by atoms with Crippen LogP contribution in [0.15, 0.2) is 74.2 Å². The van der Waals surface area contributed by atoms with Gasteiger partial charge in [-0.25, -0.2) is 9.38 Å². The Labute approximate surface area is 218 Å². The Morgan fingerprint density at radius 2 is 2.03 bits per heavy atom. The molecule has 5 heteroatoms. The van der Waals surface area contributed by atoms with Crippen molar-refractivity contribution in [2.45, 2.75) is 72.1 Å². The van der Waals surface area contributed by atoms with E-state index in [2.05, 4.69) is 52.6 Å². The molecule has 0 bridgehead atoms. The molecule has 1 heterocycles. The summed E-state index contributed by atoms with van der Waals surface area (Å²) in [4.78, 5) is 7.23. The number of benzene rings is 1. The number of allylic oxidation sites excluding steroid dienone is 4. The van der Waals surface area contributed by atoms with Crippen molar-refractivity contribution in [3.8, 4) is 5.75 Å². The zero-order chi connectivity index (χ0) is 24.8.